The number of rotatable bonds is 4. The molecule has 0 saturated heterocycles. The third-order valence-electron chi connectivity index (χ3n) is 7.19. The van der Waals surface area contributed by atoms with E-state index in [-0.39, 0.29) is 30.6 Å². The number of nitrogens with two attached hydrogens (primary N) is 1. The van der Waals surface area contributed by atoms with Gasteiger partial charge in [-0.05, 0) is 60.7 Å². The van der Waals surface area contributed by atoms with Crippen molar-refractivity contribution in [2.24, 2.45) is 0 Å². The second-order valence-electron chi connectivity index (χ2n) is 9.47. The first kappa shape index (κ1) is 23.2. The van der Waals surface area contributed by atoms with Crippen LogP contribution in [0.2, 0.25) is 0 Å². The molecule has 1 aliphatic heterocycles. The predicted molar refractivity (Wildman–Crippen MR) is 145 cm³/mol. The van der Waals surface area contributed by atoms with E-state index >= 15 is 0 Å². The number of hydrogen-bond donors (Lipinski definition) is 1. The van der Waals surface area contributed by atoms with Crippen molar-refractivity contribution in [3.63, 3.8) is 0 Å². The smallest absolute Gasteiger partial charge is 0.167 e. The van der Waals surface area contributed by atoms with Crippen LogP contribution in [0, 0.1) is 11.6 Å². The van der Waals surface area contributed by atoms with Crippen molar-refractivity contribution in [1.29, 1.82) is 0 Å². The molecule has 0 radical (unpaired) electrons. The maximum absolute atomic E-state index is 14.5. The summed E-state index contributed by atoms with van der Waals surface area (Å²) >= 11 is 0. The Morgan fingerprint density at radius 1 is 1.03 bits per heavy atom. The number of carbonyl (C=O) groups is 1. The van der Waals surface area contributed by atoms with Crippen molar-refractivity contribution < 1.29 is 22.7 Å². The van der Waals surface area contributed by atoms with Gasteiger partial charge in [0.1, 0.15) is 34.4 Å². The average molecular weight is 522 g/mol. The largest absolute Gasteiger partial charge is 0.470 e. The first-order chi connectivity index (χ1) is 18.9. The molecule has 0 saturated carbocycles. The van der Waals surface area contributed by atoms with E-state index in [1.54, 1.807) is 49.4 Å². The van der Waals surface area contributed by atoms with Gasteiger partial charge in [-0.2, -0.15) is 0 Å². The Kier molecular flexibility index (Phi) is 5.06. The van der Waals surface area contributed by atoms with Gasteiger partial charge in [0, 0.05) is 40.1 Å². The first-order valence-electron chi connectivity index (χ1n) is 12.5. The summed E-state index contributed by atoms with van der Waals surface area (Å²) in [5, 5.41) is 1.09. The molecule has 192 valence electrons. The predicted octanol–water partition coefficient (Wildman–Crippen LogP) is 7.59. The third-order valence-corrected chi connectivity index (χ3v) is 7.19. The Morgan fingerprint density at radius 3 is 2.64 bits per heavy atom. The molecule has 6 aromatic rings. The fraction of sp³-hybridized carbons (Fsp3) is 0.0968. The van der Waals surface area contributed by atoms with Crippen LogP contribution in [0.15, 0.2) is 77.2 Å². The summed E-state index contributed by atoms with van der Waals surface area (Å²) in [7, 11) is 0. The quantitative estimate of drug-likeness (QED) is 0.191. The van der Waals surface area contributed by atoms with E-state index in [0.29, 0.717) is 61.6 Å². The molecule has 0 amide bonds. The minimum Gasteiger partial charge on any atom is -0.470 e. The van der Waals surface area contributed by atoms with Crippen LogP contribution < -0.4 is 10.5 Å². The number of furan rings is 1. The van der Waals surface area contributed by atoms with Gasteiger partial charge in [-0.3, -0.25) is 4.79 Å². The van der Waals surface area contributed by atoms with Crippen LogP contribution in [-0.4, -0.2) is 15.3 Å². The molecule has 6 nitrogen and oxygen atoms in total. The number of benzene rings is 3. The molecule has 0 aliphatic carbocycles. The van der Waals surface area contributed by atoms with E-state index in [1.807, 2.05) is 16.7 Å². The topological polar surface area (TPSA) is 83.3 Å². The van der Waals surface area contributed by atoms with Crippen LogP contribution in [-0.2, 0) is 6.73 Å². The molecule has 2 N–H and O–H groups in total. The standard InChI is InChI=1S/C31H21F2N3O3/c1-2-26(37)29-20-12-19(22(34)14-28(20)39-31(29)16-6-8-17(32)9-7-16)23-10-11-27-30(35-23)25-13-18-21(33)4-3-5-24(18)36(25)15-38-27/h3-14H,2,15,34H2,1H3. The van der Waals surface area contributed by atoms with Crippen LogP contribution in [0.4, 0.5) is 14.5 Å². The fourth-order valence-corrected chi connectivity index (χ4v) is 5.25. The highest BCUT2D eigenvalue weighted by Crippen LogP contribution is 2.42. The Balaban J connectivity index is 1.42. The number of ketones is 1. The van der Waals surface area contributed by atoms with Gasteiger partial charge >= 0.3 is 0 Å². The SMILES string of the molecule is CCC(=O)c1c(-c2ccc(F)cc2)oc2cc(N)c(-c3ccc4c(n3)-c3cc5c(F)cccc5n3CO4)cc12. The number of aromatic nitrogens is 2. The molecule has 8 heteroatoms. The third kappa shape index (κ3) is 3.52. The van der Waals surface area contributed by atoms with Crippen molar-refractivity contribution in [1.82, 2.24) is 9.55 Å². The summed E-state index contributed by atoms with van der Waals surface area (Å²) in [4.78, 5) is 18.0. The highest BCUT2D eigenvalue weighted by atomic mass is 19.1. The Bertz CT molecular complexity index is 1950. The van der Waals surface area contributed by atoms with Crippen LogP contribution in [0.25, 0.3) is 55.8 Å². The van der Waals surface area contributed by atoms with Crippen molar-refractivity contribution in [3.05, 3.63) is 90.0 Å². The van der Waals surface area contributed by atoms with Gasteiger partial charge in [0.05, 0.1) is 22.5 Å². The normalized spacial score (nSPS) is 12.4. The number of hydrogen-bond acceptors (Lipinski definition) is 5. The van der Waals surface area contributed by atoms with Crippen molar-refractivity contribution in [2.45, 2.75) is 20.1 Å². The first-order valence-corrected chi connectivity index (χ1v) is 12.5. The lowest BCUT2D eigenvalue weighted by Crippen LogP contribution is -2.13. The number of anilines is 1. The molecule has 0 spiro atoms. The molecular formula is C31H21F2N3O3. The molecule has 0 bridgehead atoms. The summed E-state index contributed by atoms with van der Waals surface area (Å²) in [5.41, 5.74) is 11.5. The molecule has 3 aromatic carbocycles. The van der Waals surface area contributed by atoms with Crippen LogP contribution >= 0.6 is 0 Å². The zero-order chi connectivity index (χ0) is 26.8. The van der Waals surface area contributed by atoms with Crippen molar-refractivity contribution in [3.8, 4) is 39.7 Å². The van der Waals surface area contributed by atoms with Crippen LogP contribution in [0.1, 0.15) is 23.7 Å². The Hall–Kier alpha value is -4.98. The summed E-state index contributed by atoms with van der Waals surface area (Å²) in [6.07, 6.45) is 0.262. The van der Waals surface area contributed by atoms with Gasteiger partial charge in [0.25, 0.3) is 0 Å². The minimum atomic E-state index is -0.381. The van der Waals surface area contributed by atoms with Gasteiger partial charge in [-0.15, -0.1) is 0 Å². The van der Waals surface area contributed by atoms with Crippen LogP contribution in [0.5, 0.6) is 5.75 Å². The van der Waals surface area contributed by atoms with E-state index in [2.05, 4.69) is 0 Å². The lowest BCUT2D eigenvalue weighted by Gasteiger charge is -2.21. The Labute approximate surface area is 221 Å². The number of fused-ring (bicyclic) bond motifs is 6. The van der Waals surface area contributed by atoms with Crippen molar-refractivity contribution >= 4 is 33.3 Å². The second kappa shape index (κ2) is 8.52. The van der Waals surface area contributed by atoms with Gasteiger partial charge in [-0.1, -0.05) is 13.0 Å². The summed E-state index contributed by atoms with van der Waals surface area (Å²) in [6, 6.07) is 19.6. The number of pyridine rings is 1. The zero-order valence-corrected chi connectivity index (χ0v) is 20.8. The van der Waals surface area contributed by atoms with Gasteiger partial charge in [0.2, 0.25) is 0 Å². The van der Waals surface area contributed by atoms with Gasteiger partial charge in [-0.25, -0.2) is 13.8 Å². The monoisotopic (exact) mass is 521 g/mol. The molecule has 0 fully saturated rings. The number of halogens is 2. The number of Topliss-reactive ketones (excluding diaryl/α,β-unsaturated/α-hetero) is 1. The lowest BCUT2D eigenvalue weighted by molar-refractivity contribution is 0.0989. The summed E-state index contributed by atoms with van der Waals surface area (Å²) in [5.74, 6) is 0.146. The molecule has 0 unspecified atom stereocenters. The number of nitrogens with zero attached hydrogens (tertiary/aromatic N) is 2. The molecule has 7 rings (SSSR count). The molecule has 1 aliphatic rings. The van der Waals surface area contributed by atoms with Gasteiger partial charge < -0.3 is 19.5 Å². The lowest BCUT2D eigenvalue weighted by atomic mass is 9.98. The maximum atomic E-state index is 14.5. The minimum absolute atomic E-state index is 0.109. The number of nitrogen functional groups attached to an aromatic ring is 1. The van der Waals surface area contributed by atoms with Crippen LogP contribution in [0.3, 0.4) is 0 Å². The van der Waals surface area contributed by atoms with E-state index in [4.69, 9.17) is 19.9 Å². The summed E-state index contributed by atoms with van der Waals surface area (Å²) in [6.45, 7) is 2.02. The average Bonchev–Trinajstić information content (AvgIpc) is 3.52. The highest BCUT2D eigenvalue weighted by molar-refractivity contribution is 6.13. The molecule has 0 atom stereocenters. The maximum Gasteiger partial charge on any atom is 0.167 e. The van der Waals surface area contributed by atoms with E-state index in [1.165, 1.54) is 18.2 Å². The van der Waals surface area contributed by atoms with E-state index in [9.17, 15) is 13.6 Å². The molecular weight excluding hydrogens is 500 g/mol. The fourth-order valence-electron chi connectivity index (χ4n) is 5.25. The molecule has 39 heavy (non-hydrogen) atoms. The second-order valence-corrected chi connectivity index (χ2v) is 9.47. The highest BCUT2D eigenvalue weighted by Gasteiger charge is 2.25. The molecule has 3 aromatic heterocycles. The number of ether oxygens (including phenoxy) is 1. The van der Waals surface area contributed by atoms with E-state index in [0.717, 1.165) is 11.2 Å². The van der Waals surface area contributed by atoms with Crippen molar-refractivity contribution in [2.75, 3.05) is 5.73 Å². The zero-order valence-electron chi connectivity index (χ0n) is 20.8. The Morgan fingerprint density at radius 2 is 1.85 bits per heavy atom. The van der Waals surface area contributed by atoms with E-state index < -0.39 is 0 Å². The molecule has 4 heterocycles. The van der Waals surface area contributed by atoms with Gasteiger partial charge in [0.15, 0.2) is 12.5 Å². The summed E-state index contributed by atoms with van der Waals surface area (Å²) < 4.78 is 42.0. The number of carbonyl (C=O) groups excluding carboxylic acids is 1.